The third kappa shape index (κ3) is 4.55. The topological polar surface area (TPSA) is 108 Å². The molecule has 1 aromatic heterocycles. The number of carbonyl (C=O) groups excluding carboxylic acids is 1. The average Bonchev–Trinajstić information content (AvgIpc) is 3.03. The second kappa shape index (κ2) is 8.32. The number of amides is 1. The number of nitrogens with zero attached hydrogens (tertiary/aromatic N) is 2. The van der Waals surface area contributed by atoms with E-state index in [1.54, 1.807) is 6.92 Å². The van der Waals surface area contributed by atoms with E-state index in [9.17, 15) is 14.9 Å². The van der Waals surface area contributed by atoms with Crippen LogP contribution in [0.1, 0.15) is 32.9 Å². The lowest BCUT2D eigenvalue weighted by molar-refractivity contribution is -0.384. The Hall–Kier alpha value is -3.39. The molecule has 29 heavy (non-hydrogen) atoms. The molecule has 0 spiro atoms. The van der Waals surface area contributed by atoms with E-state index >= 15 is 0 Å². The lowest BCUT2D eigenvalue weighted by Gasteiger charge is -2.10. The number of nitro benzene ring substituents is 1. The Morgan fingerprint density at radius 2 is 2.00 bits per heavy atom. The first-order valence-electron chi connectivity index (χ1n) is 8.66. The van der Waals surface area contributed by atoms with Gasteiger partial charge in [-0.25, -0.2) is 0 Å². The second-order valence-corrected chi connectivity index (χ2v) is 6.91. The highest BCUT2D eigenvalue weighted by Crippen LogP contribution is 2.28. The summed E-state index contributed by atoms with van der Waals surface area (Å²) >= 11 is 6.03. The summed E-state index contributed by atoms with van der Waals surface area (Å²) in [4.78, 5) is 22.9. The SMILES string of the molecule is Cc1ccc(OCc2c(C(=O)Nc3ccc([N+](=O)[O-])cc3Cl)noc2C)c(C)c1. The Morgan fingerprint density at radius 1 is 1.24 bits per heavy atom. The van der Waals surface area contributed by atoms with E-state index in [4.69, 9.17) is 20.9 Å². The third-order valence-corrected chi connectivity index (χ3v) is 4.63. The van der Waals surface area contributed by atoms with Crippen LogP contribution in [0.5, 0.6) is 5.75 Å². The largest absolute Gasteiger partial charge is 0.488 e. The minimum atomic E-state index is -0.568. The quantitative estimate of drug-likeness (QED) is 0.448. The van der Waals surface area contributed by atoms with E-state index in [2.05, 4.69) is 10.5 Å². The number of rotatable bonds is 6. The second-order valence-electron chi connectivity index (χ2n) is 6.50. The zero-order valence-corrected chi connectivity index (χ0v) is 16.7. The average molecular weight is 416 g/mol. The van der Waals surface area contributed by atoms with Crippen LogP contribution < -0.4 is 10.1 Å². The molecule has 0 saturated carbocycles. The zero-order chi connectivity index (χ0) is 21.1. The monoisotopic (exact) mass is 415 g/mol. The van der Waals surface area contributed by atoms with Gasteiger partial charge >= 0.3 is 0 Å². The summed E-state index contributed by atoms with van der Waals surface area (Å²) in [6, 6.07) is 9.57. The highest BCUT2D eigenvalue weighted by atomic mass is 35.5. The molecule has 0 radical (unpaired) electrons. The molecule has 0 aliphatic heterocycles. The predicted octanol–water partition coefficient (Wildman–Crippen LogP) is 4.99. The smallest absolute Gasteiger partial charge is 0.278 e. The van der Waals surface area contributed by atoms with E-state index in [0.717, 1.165) is 17.2 Å². The lowest BCUT2D eigenvalue weighted by Crippen LogP contribution is -2.16. The molecule has 8 nitrogen and oxygen atoms in total. The number of halogens is 1. The zero-order valence-electron chi connectivity index (χ0n) is 16.0. The highest BCUT2D eigenvalue weighted by Gasteiger charge is 2.22. The van der Waals surface area contributed by atoms with Crippen LogP contribution in [-0.4, -0.2) is 16.0 Å². The number of benzene rings is 2. The van der Waals surface area contributed by atoms with Crippen LogP contribution in [0.25, 0.3) is 0 Å². The number of hydrogen-bond donors (Lipinski definition) is 1. The van der Waals surface area contributed by atoms with Crippen LogP contribution in [0.3, 0.4) is 0 Å². The number of aryl methyl sites for hydroxylation is 3. The van der Waals surface area contributed by atoms with Crippen LogP contribution in [0, 0.1) is 30.9 Å². The molecule has 0 aliphatic rings. The van der Waals surface area contributed by atoms with Crippen LogP contribution in [0.2, 0.25) is 5.02 Å². The van der Waals surface area contributed by atoms with Crippen molar-refractivity contribution in [2.75, 3.05) is 5.32 Å². The number of hydrogen-bond acceptors (Lipinski definition) is 6. The van der Waals surface area contributed by atoms with Gasteiger partial charge in [0, 0.05) is 12.1 Å². The lowest BCUT2D eigenvalue weighted by atomic mass is 10.1. The number of aromatic nitrogens is 1. The Morgan fingerprint density at radius 3 is 2.66 bits per heavy atom. The fraction of sp³-hybridized carbons (Fsp3) is 0.200. The van der Waals surface area contributed by atoms with Crippen molar-refractivity contribution in [1.29, 1.82) is 0 Å². The summed E-state index contributed by atoms with van der Waals surface area (Å²) < 4.78 is 11.0. The Balaban J connectivity index is 1.78. The maximum atomic E-state index is 12.7. The molecular weight excluding hydrogens is 398 g/mol. The summed E-state index contributed by atoms with van der Waals surface area (Å²) in [5, 5.41) is 17.3. The molecule has 150 valence electrons. The van der Waals surface area contributed by atoms with Crippen LogP contribution in [0.15, 0.2) is 40.9 Å². The van der Waals surface area contributed by atoms with Gasteiger partial charge in [0.1, 0.15) is 18.1 Å². The van der Waals surface area contributed by atoms with E-state index in [0.29, 0.717) is 17.1 Å². The molecule has 0 bridgehead atoms. The molecule has 1 N–H and O–H groups in total. The van der Waals surface area contributed by atoms with Crippen molar-refractivity contribution in [3.63, 3.8) is 0 Å². The van der Waals surface area contributed by atoms with Crippen molar-refractivity contribution in [2.24, 2.45) is 0 Å². The molecule has 1 amide bonds. The fourth-order valence-corrected chi connectivity index (χ4v) is 2.97. The molecule has 9 heteroatoms. The third-order valence-electron chi connectivity index (χ3n) is 4.31. The number of nitrogens with one attached hydrogen (secondary N) is 1. The molecule has 0 fully saturated rings. The molecule has 0 saturated heterocycles. The van der Waals surface area contributed by atoms with Crippen molar-refractivity contribution < 1.29 is 19.0 Å². The van der Waals surface area contributed by atoms with Gasteiger partial charge in [0.15, 0.2) is 5.69 Å². The first kappa shape index (κ1) is 20.3. The number of non-ortho nitro benzene ring substituents is 1. The van der Waals surface area contributed by atoms with E-state index < -0.39 is 10.8 Å². The summed E-state index contributed by atoms with van der Waals surface area (Å²) in [6.07, 6.45) is 0. The molecule has 2 aromatic carbocycles. The Labute approximate surface area is 171 Å². The number of ether oxygens (including phenoxy) is 1. The molecule has 0 atom stereocenters. The number of nitro groups is 1. The van der Waals surface area contributed by atoms with E-state index in [1.165, 1.54) is 12.1 Å². The molecule has 3 rings (SSSR count). The summed E-state index contributed by atoms with van der Waals surface area (Å²) in [6.45, 7) is 5.71. The normalized spacial score (nSPS) is 10.6. The van der Waals surface area contributed by atoms with Crippen LogP contribution in [0.4, 0.5) is 11.4 Å². The maximum absolute atomic E-state index is 12.7. The summed E-state index contributed by atoms with van der Waals surface area (Å²) in [5.41, 5.74) is 2.71. The maximum Gasteiger partial charge on any atom is 0.278 e. The van der Waals surface area contributed by atoms with Gasteiger partial charge in [0.2, 0.25) is 0 Å². The summed E-state index contributed by atoms with van der Waals surface area (Å²) in [5.74, 6) is 0.590. The molecule has 1 heterocycles. The van der Waals surface area contributed by atoms with Crippen molar-refractivity contribution in [2.45, 2.75) is 27.4 Å². The minimum absolute atomic E-state index is 0.0425. The van der Waals surface area contributed by atoms with Gasteiger partial charge in [0.05, 0.1) is 21.2 Å². The predicted molar refractivity (Wildman–Crippen MR) is 108 cm³/mol. The van der Waals surface area contributed by atoms with Gasteiger partial charge < -0.3 is 14.6 Å². The van der Waals surface area contributed by atoms with E-state index in [1.807, 2.05) is 32.0 Å². The first-order chi connectivity index (χ1) is 13.8. The first-order valence-corrected chi connectivity index (χ1v) is 9.04. The van der Waals surface area contributed by atoms with Crippen molar-refractivity contribution >= 4 is 28.9 Å². The Kier molecular flexibility index (Phi) is 5.84. The number of anilines is 1. The standard InChI is InChI=1S/C20H18ClN3O5/c1-11-4-7-18(12(2)8-11)28-10-15-13(3)29-23-19(15)20(25)22-17-6-5-14(24(26)27)9-16(17)21/h4-9H,10H2,1-3H3,(H,22,25). The van der Waals surface area contributed by atoms with Crippen molar-refractivity contribution in [3.8, 4) is 5.75 Å². The van der Waals surface area contributed by atoms with Gasteiger partial charge in [-0.3, -0.25) is 14.9 Å². The fourth-order valence-electron chi connectivity index (χ4n) is 2.75. The minimum Gasteiger partial charge on any atom is -0.488 e. The molecular formula is C20H18ClN3O5. The number of carbonyl (C=O) groups is 1. The highest BCUT2D eigenvalue weighted by molar-refractivity contribution is 6.34. The van der Waals surface area contributed by atoms with Crippen molar-refractivity contribution in [1.82, 2.24) is 5.16 Å². The van der Waals surface area contributed by atoms with Gasteiger partial charge in [0.25, 0.3) is 11.6 Å². The molecule has 0 unspecified atom stereocenters. The summed E-state index contributed by atoms with van der Waals surface area (Å²) in [7, 11) is 0. The van der Waals surface area contributed by atoms with Gasteiger partial charge in [-0.2, -0.15) is 0 Å². The van der Waals surface area contributed by atoms with Gasteiger partial charge in [-0.1, -0.05) is 34.5 Å². The molecule has 3 aromatic rings. The molecule has 0 aliphatic carbocycles. The van der Waals surface area contributed by atoms with Crippen molar-refractivity contribution in [3.05, 3.63) is 79.7 Å². The Bertz CT molecular complexity index is 1090. The van der Waals surface area contributed by atoms with E-state index in [-0.39, 0.29) is 28.7 Å². The van der Waals surface area contributed by atoms with Gasteiger partial charge in [-0.15, -0.1) is 0 Å². The van der Waals surface area contributed by atoms with Crippen LogP contribution in [-0.2, 0) is 6.61 Å². The van der Waals surface area contributed by atoms with Gasteiger partial charge in [-0.05, 0) is 38.5 Å². The van der Waals surface area contributed by atoms with Crippen LogP contribution >= 0.6 is 11.6 Å².